The maximum Gasteiger partial charge on any atom is 0.280 e. The molecule has 0 radical (unpaired) electrons. The zero-order chi connectivity index (χ0) is 19.8. The second-order valence-electron chi connectivity index (χ2n) is 7.05. The summed E-state index contributed by atoms with van der Waals surface area (Å²) in [4.78, 5) is 30.6. The van der Waals surface area contributed by atoms with Gasteiger partial charge in [-0.15, -0.1) is 0 Å². The summed E-state index contributed by atoms with van der Waals surface area (Å²) in [7, 11) is 0. The number of hydrogen-bond donors (Lipinski definition) is 0. The average molecular weight is 387 g/mol. The van der Waals surface area contributed by atoms with Gasteiger partial charge in [0, 0.05) is 25.2 Å². The molecule has 0 aliphatic carbocycles. The van der Waals surface area contributed by atoms with E-state index in [1.54, 1.807) is 18.0 Å². The SMILES string of the molecule is Cc1cnc(C(=O)N2CC[C@@H](C)[C@H](c3cc(C(F)F)nc4ncnn34)C2)cn1. The fraction of sp³-hybridized carbons (Fsp3) is 0.444. The van der Waals surface area contributed by atoms with Crippen LogP contribution in [0.3, 0.4) is 0 Å². The quantitative estimate of drug-likeness (QED) is 0.686. The first-order valence-electron chi connectivity index (χ1n) is 9.00. The number of amides is 1. The van der Waals surface area contributed by atoms with Gasteiger partial charge in [-0.3, -0.25) is 9.78 Å². The normalized spacial score (nSPS) is 20.1. The molecule has 28 heavy (non-hydrogen) atoms. The average Bonchev–Trinajstić information content (AvgIpc) is 3.16. The maximum atomic E-state index is 13.3. The lowest BCUT2D eigenvalue weighted by molar-refractivity contribution is 0.0659. The molecule has 3 aromatic heterocycles. The number of aryl methyl sites for hydroxylation is 1. The minimum Gasteiger partial charge on any atom is -0.337 e. The number of hydrogen-bond acceptors (Lipinski definition) is 6. The first-order chi connectivity index (χ1) is 13.4. The van der Waals surface area contributed by atoms with E-state index in [4.69, 9.17) is 0 Å². The Hall–Kier alpha value is -3.04. The summed E-state index contributed by atoms with van der Waals surface area (Å²) in [5, 5.41) is 4.14. The van der Waals surface area contributed by atoms with Crippen molar-refractivity contribution in [2.75, 3.05) is 13.1 Å². The Labute approximate surface area is 159 Å². The lowest BCUT2D eigenvalue weighted by Crippen LogP contribution is -2.43. The molecular formula is C18H19F2N7O. The summed E-state index contributed by atoms with van der Waals surface area (Å²) in [5.41, 5.74) is 1.24. The predicted molar refractivity (Wildman–Crippen MR) is 94.9 cm³/mol. The first kappa shape index (κ1) is 18.3. The molecule has 4 heterocycles. The summed E-state index contributed by atoms with van der Waals surface area (Å²) in [5.74, 6) is -0.0930. The van der Waals surface area contributed by atoms with Crippen LogP contribution in [0.15, 0.2) is 24.8 Å². The Kier molecular flexibility index (Phi) is 4.70. The molecular weight excluding hydrogens is 368 g/mol. The fourth-order valence-corrected chi connectivity index (χ4v) is 3.53. The van der Waals surface area contributed by atoms with E-state index in [1.165, 1.54) is 23.1 Å². The largest absolute Gasteiger partial charge is 0.337 e. The number of likely N-dealkylation sites (tertiary alicyclic amines) is 1. The van der Waals surface area contributed by atoms with E-state index in [2.05, 4.69) is 25.0 Å². The van der Waals surface area contributed by atoms with E-state index in [0.717, 1.165) is 12.1 Å². The Morgan fingerprint density at radius 2 is 2.07 bits per heavy atom. The van der Waals surface area contributed by atoms with Gasteiger partial charge in [0.05, 0.1) is 17.6 Å². The van der Waals surface area contributed by atoms with Gasteiger partial charge in [-0.05, 0) is 25.3 Å². The molecule has 146 valence electrons. The number of fused-ring (bicyclic) bond motifs is 1. The summed E-state index contributed by atoms with van der Waals surface area (Å²) >= 11 is 0. The lowest BCUT2D eigenvalue weighted by atomic mass is 9.84. The highest BCUT2D eigenvalue weighted by Gasteiger charge is 2.33. The van der Waals surface area contributed by atoms with Crippen LogP contribution in [-0.4, -0.2) is 53.4 Å². The van der Waals surface area contributed by atoms with Crippen LogP contribution in [0.4, 0.5) is 8.78 Å². The van der Waals surface area contributed by atoms with Crippen molar-refractivity contribution in [1.82, 2.24) is 34.4 Å². The molecule has 0 unspecified atom stereocenters. The molecule has 10 heteroatoms. The third-order valence-electron chi connectivity index (χ3n) is 5.15. The lowest BCUT2D eigenvalue weighted by Gasteiger charge is -2.37. The van der Waals surface area contributed by atoms with Gasteiger partial charge >= 0.3 is 0 Å². The van der Waals surface area contributed by atoms with Crippen LogP contribution in [0.2, 0.25) is 0 Å². The third-order valence-corrected chi connectivity index (χ3v) is 5.15. The molecule has 0 aromatic carbocycles. The van der Waals surface area contributed by atoms with E-state index in [0.29, 0.717) is 18.8 Å². The highest BCUT2D eigenvalue weighted by molar-refractivity contribution is 5.92. The number of piperidine rings is 1. The summed E-state index contributed by atoms with van der Waals surface area (Å²) in [6, 6.07) is 1.37. The topological polar surface area (TPSA) is 89.2 Å². The van der Waals surface area contributed by atoms with Gasteiger partial charge in [-0.25, -0.2) is 23.3 Å². The van der Waals surface area contributed by atoms with Crippen LogP contribution in [0.5, 0.6) is 0 Å². The number of halogens is 2. The Balaban J connectivity index is 1.67. The van der Waals surface area contributed by atoms with Crippen LogP contribution < -0.4 is 0 Å². The summed E-state index contributed by atoms with van der Waals surface area (Å²) in [6.45, 7) is 4.78. The van der Waals surface area contributed by atoms with Gasteiger partial charge in [0.1, 0.15) is 17.7 Å². The van der Waals surface area contributed by atoms with Crippen molar-refractivity contribution in [2.45, 2.75) is 32.6 Å². The molecule has 8 nitrogen and oxygen atoms in total. The van der Waals surface area contributed by atoms with E-state index >= 15 is 0 Å². The molecule has 3 aromatic rings. The molecule has 1 amide bonds. The van der Waals surface area contributed by atoms with E-state index in [9.17, 15) is 13.6 Å². The van der Waals surface area contributed by atoms with E-state index in [-0.39, 0.29) is 34.9 Å². The van der Waals surface area contributed by atoms with Crippen molar-refractivity contribution in [3.05, 3.63) is 47.6 Å². The number of aromatic nitrogens is 6. The van der Waals surface area contributed by atoms with Crippen molar-refractivity contribution in [3.8, 4) is 0 Å². The van der Waals surface area contributed by atoms with Gasteiger partial charge in [0.25, 0.3) is 18.1 Å². The van der Waals surface area contributed by atoms with Crippen LogP contribution in [0, 0.1) is 12.8 Å². The highest BCUT2D eigenvalue weighted by Crippen LogP contribution is 2.34. The zero-order valence-corrected chi connectivity index (χ0v) is 15.5. The minimum absolute atomic E-state index is 0.132. The second-order valence-corrected chi connectivity index (χ2v) is 7.05. The van der Waals surface area contributed by atoms with Crippen molar-refractivity contribution in [3.63, 3.8) is 0 Å². The molecule has 1 fully saturated rings. The molecule has 0 spiro atoms. The van der Waals surface area contributed by atoms with Crippen LogP contribution in [0.25, 0.3) is 5.78 Å². The Bertz CT molecular complexity index is 1000. The van der Waals surface area contributed by atoms with Crippen LogP contribution in [-0.2, 0) is 0 Å². The molecule has 2 atom stereocenters. The second kappa shape index (κ2) is 7.17. The number of alkyl halides is 2. The van der Waals surface area contributed by atoms with Crippen molar-refractivity contribution in [2.24, 2.45) is 5.92 Å². The van der Waals surface area contributed by atoms with Gasteiger partial charge in [-0.1, -0.05) is 6.92 Å². The third kappa shape index (κ3) is 3.30. The molecule has 1 aliphatic heterocycles. The zero-order valence-electron chi connectivity index (χ0n) is 15.5. The predicted octanol–water partition coefficient (Wildman–Crippen LogP) is 2.43. The highest BCUT2D eigenvalue weighted by atomic mass is 19.3. The van der Waals surface area contributed by atoms with Gasteiger partial charge in [0.2, 0.25) is 0 Å². The Morgan fingerprint density at radius 1 is 1.25 bits per heavy atom. The van der Waals surface area contributed by atoms with E-state index < -0.39 is 6.43 Å². The Morgan fingerprint density at radius 3 is 2.79 bits per heavy atom. The van der Waals surface area contributed by atoms with Gasteiger partial charge in [-0.2, -0.15) is 10.1 Å². The molecule has 4 rings (SSSR count). The standard InChI is InChI=1S/C18H19F2N7O/c1-10-3-4-26(17(28)14-7-21-11(2)6-22-14)8-12(10)15-5-13(16(19)20)25-18-23-9-24-27(15)18/h5-7,9-10,12,16H,3-4,8H2,1-2H3/t10-,12-/m1/s1. The summed E-state index contributed by atoms with van der Waals surface area (Å²) < 4.78 is 28.1. The van der Waals surface area contributed by atoms with Crippen molar-refractivity contribution >= 4 is 11.7 Å². The monoisotopic (exact) mass is 387 g/mol. The number of rotatable bonds is 3. The molecule has 1 aliphatic rings. The summed E-state index contributed by atoms with van der Waals surface area (Å²) in [6.07, 6.45) is 2.33. The number of carbonyl (C=O) groups is 1. The first-order valence-corrected chi connectivity index (χ1v) is 9.00. The number of nitrogens with zero attached hydrogens (tertiary/aromatic N) is 7. The molecule has 1 saturated heterocycles. The smallest absolute Gasteiger partial charge is 0.280 e. The maximum absolute atomic E-state index is 13.3. The van der Waals surface area contributed by atoms with Crippen LogP contribution >= 0.6 is 0 Å². The van der Waals surface area contributed by atoms with Gasteiger partial charge < -0.3 is 4.90 Å². The van der Waals surface area contributed by atoms with Gasteiger partial charge in [0.15, 0.2) is 0 Å². The number of carbonyl (C=O) groups excluding carboxylic acids is 1. The van der Waals surface area contributed by atoms with E-state index in [1.807, 2.05) is 6.92 Å². The fourth-order valence-electron chi connectivity index (χ4n) is 3.53. The molecule has 0 bridgehead atoms. The van der Waals surface area contributed by atoms with Crippen molar-refractivity contribution < 1.29 is 13.6 Å². The van der Waals surface area contributed by atoms with Crippen molar-refractivity contribution in [1.29, 1.82) is 0 Å². The molecule has 0 N–H and O–H groups in total. The van der Waals surface area contributed by atoms with Crippen LogP contribution in [0.1, 0.15) is 53.3 Å². The minimum atomic E-state index is -2.71. The molecule has 0 saturated carbocycles.